The summed E-state index contributed by atoms with van der Waals surface area (Å²) in [6, 6.07) is 0. The maximum Gasteiger partial charge on any atom is 0.321 e. The van der Waals surface area contributed by atoms with Crippen molar-refractivity contribution in [2.24, 2.45) is 0 Å². The molecular formula is C7H14O2S. The Morgan fingerprint density at radius 2 is 2.10 bits per heavy atom. The highest BCUT2D eigenvalue weighted by molar-refractivity contribution is 7.82. The van der Waals surface area contributed by atoms with Crippen LogP contribution in [0.5, 0.6) is 0 Å². The topological polar surface area (TPSA) is 26.3 Å². The molecule has 0 aliphatic heterocycles. The largest absolute Gasteiger partial charge is 0.465 e. The highest BCUT2D eigenvalue weighted by Crippen LogP contribution is 2.13. The Bertz CT molecular complexity index is 115. The fourth-order valence-corrected chi connectivity index (χ4v) is 0.436. The lowest BCUT2D eigenvalue weighted by atomic mass is 10.2. The molecule has 0 unspecified atom stereocenters. The summed E-state index contributed by atoms with van der Waals surface area (Å²) < 4.78 is 4.18. The standard InChI is InChI=1S/C7H14O2S/c1-4-5-9-6(8)7(2,3)10/h10H,4-5H2,1-3H3. The molecule has 0 saturated carbocycles. The van der Waals surface area contributed by atoms with E-state index in [0.29, 0.717) is 6.61 Å². The Morgan fingerprint density at radius 3 is 2.40 bits per heavy atom. The number of ether oxygens (including phenoxy) is 1. The van der Waals surface area contributed by atoms with Gasteiger partial charge in [0.05, 0.1) is 6.61 Å². The molecule has 0 atom stereocenters. The SMILES string of the molecule is CCCOC(=O)C(C)(C)S. The summed E-state index contributed by atoms with van der Waals surface area (Å²) in [5.74, 6) is -0.252. The van der Waals surface area contributed by atoms with Gasteiger partial charge in [-0.25, -0.2) is 0 Å². The second-order valence-electron chi connectivity index (χ2n) is 2.69. The molecule has 0 rings (SSSR count). The first-order valence-electron chi connectivity index (χ1n) is 3.38. The third kappa shape index (κ3) is 3.77. The molecule has 0 amide bonds. The zero-order chi connectivity index (χ0) is 8.20. The monoisotopic (exact) mass is 162 g/mol. The van der Waals surface area contributed by atoms with Gasteiger partial charge in [0.2, 0.25) is 0 Å². The number of carbonyl (C=O) groups excluding carboxylic acids is 1. The average Bonchev–Trinajstić information content (AvgIpc) is 1.80. The summed E-state index contributed by atoms with van der Waals surface area (Å²) in [5.41, 5.74) is 0. The number of hydrogen-bond acceptors (Lipinski definition) is 3. The van der Waals surface area contributed by atoms with Gasteiger partial charge in [-0.3, -0.25) is 4.79 Å². The highest BCUT2D eigenvalue weighted by Gasteiger charge is 2.23. The fraction of sp³-hybridized carbons (Fsp3) is 0.857. The lowest BCUT2D eigenvalue weighted by Crippen LogP contribution is -2.27. The van der Waals surface area contributed by atoms with Crippen LogP contribution in [-0.2, 0) is 9.53 Å². The Labute approximate surface area is 67.4 Å². The summed E-state index contributed by atoms with van der Waals surface area (Å²) >= 11 is 4.05. The van der Waals surface area contributed by atoms with E-state index in [1.165, 1.54) is 0 Å². The van der Waals surface area contributed by atoms with E-state index in [-0.39, 0.29) is 5.97 Å². The number of esters is 1. The average molecular weight is 162 g/mol. The van der Waals surface area contributed by atoms with E-state index in [9.17, 15) is 4.79 Å². The minimum atomic E-state index is -0.658. The smallest absolute Gasteiger partial charge is 0.321 e. The van der Waals surface area contributed by atoms with Crippen molar-refractivity contribution in [3.8, 4) is 0 Å². The van der Waals surface area contributed by atoms with Gasteiger partial charge in [0.15, 0.2) is 0 Å². The van der Waals surface area contributed by atoms with Crippen molar-refractivity contribution in [1.82, 2.24) is 0 Å². The van der Waals surface area contributed by atoms with Gasteiger partial charge in [-0.15, -0.1) is 0 Å². The molecule has 0 aromatic heterocycles. The van der Waals surface area contributed by atoms with E-state index in [1.54, 1.807) is 13.8 Å². The summed E-state index contributed by atoms with van der Waals surface area (Å²) in [4.78, 5) is 10.9. The first-order chi connectivity index (χ1) is 4.48. The van der Waals surface area contributed by atoms with Crippen molar-refractivity contribution < 1.29 is 9.53 Å². The summed E-state index contributed by atoms with van der Waals surface area (Å²) in [6.07, 6.45) is 0.857. The summed E-state index contributed by atoms with van der Waals surface area (Å²) in [6.45, 7) is 5.88. The molecular weight excluding hydrogens is 148 g/mol. The van der Waals surface area contributed by atoms with Crippen LogP contribution in [0, 0.1) is 0 Å². The molecule has 10 heavy (non-hydrogen) atoms. The Morgan fingerprint density at radius 1 is 1.60 bits per heavy atom. The molecule has 0 saturated heterocycles. The van der Waals surface area contributed by atoms with Crippen molar-refractivity contribution in [2.75, 3.05) is 6.61 Å². The molecule has 0 bridgehead atoms. The minimum Gasteiger partial charge on any atom is -0.465 e. The van der Waals surface area contributed by atoms with Crippen molar-refractivity contribution >= 4 is 18.6 Å². The van der Waals surface area contributed by atoms with Gasteiger partial charge in [0, 0.05) is 0 Å². The van der Waals surface area contributed by atoms with Gasteiger partial charge >= 0.3 is 5.97 Å². The molecule has 60 valence electrons. The van der Waals surface area contributed by atoms with Gasteiger partial charge in [-0.05, 0) is 20.3 Å². The van der Waals surface area contributed by atoms with Crippen LogP contribution in [-0.4, -0.2) is 17.3 Å². The van der Waals surface area contributed by atoms with E-state index in [1.807, 2.05) is 6.92 Å². The highest BCUT2D eigenvalue weighted by atomic mass is 32.1. The lowest BCUT2D eigenvalue weighted by Gasteiger charge is -2.14. The Hall–Kier alpha value is -0.180. The van der Waals surface area contributed by atoms with Crippen LogP contribution in [0.3, 0.4) is 0 Å². The summed E-state index contributed by atoms with van der Waals surface area (Å²) in [7, 11) is 0. The van der Waals surface area contributed by atoms with Crippen LogP contribution in [0.1, 0.15) is 27.2 Å². The van der Waals surface area contributed by atoms with Crippen LogP contribution in [0.15, 0.2) is 0 Å². The van der Waals surface area contributed by atoms with E-state index in [0.717, 1.165) is 6.42 Å². The molecule has 3 heteroatoms. The minimum absolute atomic E-state index is 0.252. The summed E-state index contributed by atoms with van der Waals surface area (Å²) in [5, 5.41) is 0. The zero-order valence-electron chi connectivity index (χ0n) is 6.68. The quantitative estimate of drug-likeness (QED) is 0.504. The van der Waals surface area contributed by atoms with Gasteiger partial charge < -0.3 is 4.74 Å². The lowest BCUT2D eigenvalue weighted by molar-refractivity contribution is -0.145. The van der Waals surface area contributed by atoms with Crippen LogP contribution in [0.2, 0.25) is 0 Å². The van der Waals surface area contributed by atoms with Crippen molar-refractivity contribution in [3.63, 3.8) is 0 Å². The zero-order valence-corrected chi connectivity index (χ0v) is 7.57. The maximum atomic E-state index is 10.9. The Balaban J connectivity index is 3.64. The van der Waals surface area contributed by atoms with Gasteiger partial charge in [0.1, 0.15) is 4.75 Å². The van der Waals surface area contributed by atoms with Crippen LogP contribution >= 0.6 is 12.6 Å². The van der Waals surface area contributed by atoms with Crippen LogP contribution in [0.25, 0.3) is 0 Å². The molecule has 2 nitrogen and oxygen atoms in total. The first-order valence-corrected chi connectivity index (χ1v) is 3.82. The molecule has 0 aromatic carbocycles. The van der Waals surface area contributed by atoms with E-state index < -0.39 is 4.75 Å². The van der Waals surface area contributed by atoms with Gasteiger partial charge in [-0.1, -0.05) is 6.92 Å². The van der Waals surface area contributed by atoms with Crippen molar-refractivity contribution in [1.29, 1.82) is 0 Å². The Kier molecular flexibility index (Phi) is 3.79. The van der Waals surface area contributed by atoms with Crippen LogP contribution < -0.4 is 0 Å². The molecule has 0 aliphatic rings. The number of thiol groups is 1. The van der Waals surface area contributed by atoms with Crippen molar-refractivity contribution in [2.45, 2.75) is 31.9 Å². The maximum absolute atomic E-state index is 10.9. The van der Waals surface area contributed by atoms with Crippen molar-refractivity contribution in [3.05, 3.63) is 0 Å². The second kappa shape index (κ2) is 3.86. The third-order valence-corrected chi connectivity index (χ3v) is 1.12. The molecule has 0 radical (unpaired) electrons. The molecule has 0 heterocycles. The van der Waals surface area contributed by atoms with Gasteiger partial charge in [-0.2, -0.15) is 12.6 Å². The number of carbonyl (C=O) groups is 1. The predicted molar refractivity (Wildman–Crippen MR) is 44.3 cm³/mol. The first kappa shape index (κ1) is 9.82. The normalized spacial score (nSPS) is 11.2. The molecule has 0 N–H and O–H groups in total. The van der Waals surface area contributed by atoms with E-state index in [2.05, 4.69) is 12.6 Å². The molecule has 0 aromatic rings. The predicted octanol–water partition coefficient (Wildman–Crippen LogP) is 1.65. The van der Waals surface area contributed by atoms with Gasteiger partial charge in [0.25, 0.3) is 0 Å². The molecule has 0 spiro atoms. The molecule has 0 aliphatic carbocycles. The molecule has 0 fully saturated rings. The van der Waals surface area contributed by atoms with E-state index >= 15 is 0 Å². The number of hydrogen-bond donors (Lipinski definition) is 1. The number of rotatable bonds is 3. The third-order valence-electron chi connectivity index (χ3n) is 0.937. The second-order valence-corrected chi connectivity index (χ2v) is 3.81. The van der Waals surface area contributed by atoms with E-state index in [4.69, 9.17) is 4.74 Å². The fourth-order valence-electron chi connectivity index (χ4n) is 0.371. The van der Waals surface area contributed by atoms with Crippen LogP contribution in [0.4, 0.5) is 0 Å².